The standard InChI is InChI=1S/C20H22N6O2S/c1-15-8-10-17(11-9-15)21-18(27)13-25(2)19(28)14-29-20-22-23-24-26(20)12-16-6-4-3-5-7-16/h3-11H,12-14H2,1-2H3,(H,21,27). The highest BCUT2D eigenvalue weighted by Gasteiger charge is 2.16. The van der Waals surface area contributed by atoms with Crippen LogP contribution in [0.25, 0.3) is 0 Å². The van der Waals surface area contributed by atoms with Crippen LogP contribution in [0.4, 0.5) is 5.69 Å². The van der Waals surface area contributed by atoms with Crippen LogP contribution in [-0.2, 0) is 16.1 Å². The number of nitrogens with one attached hydrogen (secondary N) is 1. The van der Waals surface area contributed by atoms with Gasteiger partial charge in [0.2, 0.25) is 17.0 Å². The number of carbonyl (C=O) groups excluding carboxylic acids is 2. The minimum Gasteiger partial charge on any atom is -0.336 e. The van der Waals surface area contributed by atoms with Crippen molar-refractivity contribution in [3.05, 3.63) is 65.7 Å². The number of hydrogen-bond acceptors (Lipinski definition) is 6. The molecule has 9 heteroatoms. The fourth-order valence-electron chi connectivity index (χ4n) is 2.53. The Bertz CT molecular complexity index is 959. The Kier molecular flexibility index (Phi) is 6.96. The van der Waals surface area contributed by atoms with Crippen LogP contribution in [-0.4, -0.2) is 56.3 Å². The number of anilines is 1. The van der Waals surface area contributed by atoms with Crippen LogP contribution in [0.15, 0.2) is 59.8 Å². The van der Waals surface area contributed by atoms with E-state index in [9.17, 15) is 9.59 Å². The van der Waals surface area contributed by atoms with Gasteiger partial charge in [-0.3, -0.25) is 9.59 Å². The van der Waals surface area contributed by atoms with E-state index in [1.807, 2.05) is 61.5 Å². The largest absolute Gasteiger partial charge is 0.336 e. The van der Waals surface area contributed by atoms with Gasteiger partial charge in [-0.15, -0.1) is 5.10 Å². The van der Waals surface area contributed by atoms with Crippen molar-refractivity contribution in [3.63, 3.8) is 0 Å². The quantitative estimate of drug-likeness (QED) is 0.573. The van der Waals surface area contributed by atoms with Gasteiger partial charge in [-0.05, 0) is 35.0 Å². The number of rotatable bonds is 8. The van der Waals surface area contributed by atoms with Gasteiger partial charge < -0.3 is 10.2 Å². The Morgan fingerprint density at radius 3 is 2.55 bits per heavy atom. The second kappa shape index (κ2) is 9.83. The number of likely N-dealkylation sites (N-methyl/N-ethyl adjacent to an activating group) is 1. The summed E-state index contributed by atoms with van der Waals surface area (Å²) < 4.78 is 1.65. The maximum absolute atomic E-state index is 12.4. The van der Waals surface area contributed by atoms with E-state index in [4.69, 9.17) is 0 Å². The van der Waals surface area contributed by atoms with Crippen molar-refractivity contribution in [1.29, 1.82) is 0 Å². The third-order valence-electron chi connectivity index (χ3n) is 4.14. The molecule has 0 fully saturated rings. The van der Waals surface area contributed by atoms with Crippen LogP contribution < -0.4 is 5.32 Å². The number of carbonyl (C=O) groups is 2. The molecule has 1 heterocycles. The van der Waals surface area contributed by atoms with E-state index in [-0.39, 0.29) is 24.1 Å². The van der Waals surface area contributed by atoms with Crippen molar-refractivity contribution in [3.8, 4) is 0 Å². The third-order valence-corrected chi connectivity index (χ3v) is 5.08. The molecule has 0 saturated carbocycles. The third kappa shape index (κ3) is 6.15. The van der Waals surface area contributed by atoms with Crippen LogP contribution in [0.1, 0.15) is 11.1 Å². The highest BCUT2D eigenvalue weighted by Crippen LogP contribution is 2.16. The number of tetrazole rings is 1. The van der Waals surface area contributed by atoms with Gasteiger partial charge in [-0.1, -0.05) is 59.8 Å². The average molecular weight is 411 g/mol. The molecular formula is C20H22N6O2S. The van der Waals surface area contributed by atoms with Crippen molar-refractivity contribution in [2.45, 2.75) is 18.6 Å². The van der Waals surface area contributed by atoms with E-state index >= 15 is 0 Å². The summed E-state index contributed by atoms with van der Waals surface area (Å²) in [5, 5.41) is 15.0. The molecule has 2 amide bonds. The maximum atomic E-state index is 12.4. The lowest BCUT2D eigenvalue weighted by Crippen LogP contribution is -2.36. The van der Waals surface area contributed by atoms with Crippen LogP contribution >= 0.6 is 11.8 Å². The van der Waals surface area contributed by atoms with Crippen molar-refractivity contribution >= 4 is 29.3 Å². The van der Waals surface area contributed by atoms with E-state index in [0.29, 0.717) is 17.4 Å². The summed E-state index contributed by atoms with van der Waals surface area (Å²) in [4.78, 5) is 25.9. The minimum absolute atomic E-state index is 0.0256. The number of hydrogen-bond donors (Lipinski definition) is 1. The lowest BCUT2D eigenvalue weighted by Gasteiger charge is -2.16. The van der Waals surface area contributed by atoms with Gasteiger partial charge in [0, 0.05) is 12.7 Å². The molecule has 1 N–H and O–H groups in total. The number of benzene rings is 2. The van der Waals surface area contributed by atoms with Crippen molar-refractivity contribution < 1.29 is 9.59 Å². The van der Waals surface area contributed by atoms with Gasteiger partial charge >= 0.3 is 0 Å². The zero-order valence-electron chi connectivity index (χ0n) is 16.3. The van der Waals surface area contributed by atoms with Crippen molar-refractivity contribution in [2.24, 2.45) is 0 Å². The van der Waals surface area contributed by atoms with E-state index in [1.165, 1.54) is 16.7 Å². The summed E-state index contributed by atoms with van der Waals surface area (Å²) in [6, 6.07) is 17.3. The highest BCUT2D eigenvalue weighted by atomic mass is 32.2. The first kappa shape index (κ1) is 20.5. The Balaban J connectivity index is 1.48. The lowest BCUT2D eigenvalue weighted by atomic mass is 10.2. The Morgan fingerprint density at radius 2 is 1.83 bits per heavy atom. The molecule has 0 bridgehead atoms. The highest BCUT2D eigenvalue weighted by molar-refractivity contribution is 7.99. The summed E-state index contributed by atoms with van der Waals surface area (Å²) in [6.45, 7) is 2.48. The second-order valence-corrected chi connectivity index (χ2v) is 7.50. The monoisotopic (exact) mass is 410 g/mol. The fraction of sp³-hybridized carbons (Fsp3) is 0.250. The number of thioether (sulfide) groups is 1. The van der Waals surface area contributed by atoms with E-state index in [0.717, 1.165) is 11.1 Å². The lowest BCUT2D eigenvalue weighted by molar-refractivity contribution is -0.131. The molecule has 3 rings (SSSR count). The van der Waals surface area contributed by atoms with Gasteiger partial charge in [0.1, 0.15) is 0 Å². The van der Waals surface area contributed by atoms with Gasteiger partial charge in [-0.25, -0.2) is 4.68 Å². The topological polar surface area (TPSA) is 93.0 Å². The van der Waals surface area contributed by atoms with Crippen molar-refractivity contribution in [2.75, 3.05) is 24.7 Å². The molecule has 150 valence electrons. The van der Waals surface area contributed by atoms with Crippen LogP contribution in [0.2, 0.25) is 0 Å². The molecule has 1 aromatic heterocycles. The molecule has 0 aliphatic rings. The number of aryl methyl sites for hydroxylation is 1. The Hall–Kier alpha value is -3.20. The summed E-state index contributed by atoms with van der Waals surface area (Å²) in [5.74, 6) is -0.282. The summed E-state index contributed by atoms with van der Waals surface area (Å²) in [7, 11) is 1.60. The van der Waals surface area contributed by atoms with Gasteiger partial charge in [0.05, 0.1) is 18.8 Å². The number of nitrogens with zero attached hydrogens (tertiary/aromatic N) is 5. The Morgan fingerprint density at radius 1 is 1.10 bits per heavy atom. The normalized spacial score (nSPS) is 10.6. The number of aromatic nitrogens is 4. The van der Waals surface area contributed by atoms with E-state index in [1.54, 1.807) is 11.7 Å². The smallest absolute Gasteiger partial charge is 0.243 e. The number of amides is 2. The zero-order chi connectivity index (χ0) is 20.6. The first-order valence-corrected chi connectivity index (χ1v) is 10.0. The van der Waals surface area contributed by atoms with Crippen molar-refractivity contribution in [1.82, 2.24) is 25.1 Å². The Labute approximate surface area is 173 Å². The molecule has 2 aromatic carbocycles. The van der Waals surface area contributed by atoms with Crippen LogP contribution in [0, 0.1) is 6.92 Å². The van der Waals surface area contributed by atoms with Crippen LogP contribution in [0.5, 0.6) is 0 Å². The van der Waals surface area contributed by atoms with Crippen LogP contribution in [0.3, 0.4) is 0 Å². The molecular weight excluding hydrogens is 388 g/mol. The average Bonchev–Trinajstić information content (AvgIpc) is 3.15. The summed E-state index contributed by atoms with van der Waals surface area (Å²) >= 11 is 1.25. The van der Waals surface area contributed by atoms with Gasteiger partial charge in [0.15, 0.2) is 0 Å². The summed E-state index contributed by atoms with van der Waals surface area (Å²) in [5.41, 5.74) is 2.88. The molecule has 8 nitrogen and oxygen atoms in total. The predicted octanol–water partition coefficient (Wildman–Crippen LogP) is 2.22. The van der Waals surface area contributed by atoms with Gasteiger partial charge in [-0.2, -0.15) is 0 Å². The molecule has 0 aliphatic carbocycles. The summed E-state index contributed by atoms with van der Waals surface area (Å²) in [6.07, 6.45) is 0. The minimum atomic E-state index is -0.247. The van der Waals surface area contributed by atoms with Gasteiger partial charge in [0.25, 0.3) is 0 Å². The zero-order valence-corrected chi connectivity index (χ0v) is 17.1. The molecule has 0 aliphatic heterocycles. The fourth-order valence-corrected chi connectivity index (χ4v) is 3.35. The molecule has 29 heavy (non-hydrogen) atoms. The SMILES string of the molecule is Cc1ccc(NC(=O)CN(C)C(=O)CSc2nnnn2Cc2ccccc2)cc1. The second-order valence-electron chi connectivity index (χ2n) is 6.56. The first-order valence-electron chi connectivity index (χ1n) is 9.04. The first-order chi connectivity index (χ1) is 14.0. The van der Waals surface area contributed by atoms with E-state index in [2.05, 4.69) is 20.8 Å². The molecule has 3 aromatic rings. The molecule has 0 atom stereocenters. The molecule has 0 saturated heterocycles. The predicted molar refractivity (Wildman–Crippen MR) is 112 cm³/mol. The molecule has 0 radical (unpaired) electrons. The molecule has 0 unspecified atom stereocenters. The molecule has 0 spiro atoms. The maximum Gasteiger partial charge on any atom is 0.243 e. The van der Waals surface area contributed by atoms with E-state index < -0.39 is 0 Å².